The molecule has 4 nitrogen and oxygen atoms in total. The summed E-state index contributed by atoms with van der Waals surface area (Å²) in [6.45, 7) is -0.145. The van der Waals surface area contributed by atoms with E-state index in [9.17, 15) is 13.6 Å². The van der Waals surface area contributed by atoms with Crippen molar-refractivity contribution in [1.29, 1.82) is 0 Å². The van der Waals surface area contributed by atoms with Crippen molar-refractivity contribution in [3.8, 4) is 5.75 Å². The summed E-state index contributed by atoms with van der Waals surface area (Å²) in [5.74, 6) is -0.00824. The standard InChI is InChI=1S/C18H19ClF2N2O2/c1-12-15(19)4-3-5-16(12)22-17(24)11-23(2)10-13-6-8-14(9-7-13)25-18(20)21/h3-9,18H,10-11H2,1-2H3,(H,22,24)/p+1. The van der Waals surface area contributed by atoms with E-state index in [-0.39, 0.29) is 18.2 Å². The molecular formula is C18H20ClF2N2O2+. The van der Waals surface area contributed by atoms with E-state index in [0.717, 1.165) is 16.0 Å². The Bertz CT molecular complexity index is 724. The van der Waals surface area contributed by atoms with Crippen LogP contribution in [0.2, 0.25) is 5.02 Å². The van der Waals surface area contributed by atoms with Gasteiger partial charge in [0.15, 0.2) is 6.54 Å². The van der Waals surface area contributed by atoms with Crippen LogP contribution in [0, 0.1) is 6.92 Å². The molecule has 2 rings (SSSR count). The van der Waals surface area contributed by atoms with Gasteiger partial charge in [-0.1, -0.05) is 17.7 Å². The number of alkyl halides is 2. The fraction of sp³-hybridized carbons (Fsp3) is 0.278. The molecule has 0 aliphatic carbocycles. The van der Waals surface area contributed by atoms with E-state index in [0.29, 0.717) is 17.3 Å². The summed E-state index contributed by atoms with van der Waals surface area (Å²) in [5.41, 5.74) is 2.44. The second-order valence-corrected chi connectivity index (χ2v) is 6.20. The molecule has 0 spiro atoms. The highest BCUT2D eigenvalue weighted by Crippen LogP contribution is 2.22. The quantitative estimate of drug-likeness (QED) is 0.788. The molecule has 134 valence electrons. The minimum atomic E-state index is -2.84. The molecule has 0 aliphatic rings. The monoisotopic (exact) mass is 369 g/mol. The molecule has 2 N–H and O–H groups in total. The third-order valence-electron chi connectivity index (χ3n) is 3.66. The number of benzene rings is 2. The van der Waals surface area contributed by atoms with Crippen LogP contribution in [0.5, 0.6) is 5.75 Å². The topological polar surface area (TPSA) is 42.8 Å². The summed E-state index contributed by atoms with van der Waals surface area (Å²) in [6.07, 6.45) is 0. The van der Waals surface area contributed by atoms with Crippen LogP contribution in [0.3, 0.4) is 0 Å². The van der Waals surface area contributed by atoms with Gasteiger partial charge >= 0.3 is 6.61 Å². The maximum Gasteiger partial charge on any atom is 0.387 e. The van der Waals surface area contributed by atoms with Gasteiger partial charge in [-0.2, -0.15) is 8.78 Å². The molecule has 2 aromatic carbocycles. The average molecular weight is 370 g/mol. The van der Waals surface area contributed by atoms with Crippen molar-refractivity contribution in [3.63, 3.8) is 0 Å². The van der Waals surface area contributed by atoms with Gasteiger partial charge in [0.05, 0.1) is 7.05 Å². The number of hydrogen-bond acceptors (Lipinski definition) is 2. The second kappa shape index (κ2) is 8.78. The zero-order chi connectivity index (χ0) is 18.4. The largest absolute Gasteiger partial charge is 0.435 e. The van der Waals surface area contributed by atoms with Crippen LogP contribution in [0.15, 0.2) is 42.5 Å². The van der Waals surface area contributed by atoms with Crippen molar-refractivity contribution in [2.75, 3.05) is 18.9 Å². The first-order valence-corrected chi connectivity index (χ1v) is 8.13. The highest BCUT2D eigenvalue weighted by atomic mass is 35.5. The van der Waals surface area contributed by atoms with Crippen molar-refractivity contribution in [1.82, 2.24) is 0 Å². The number of likely N-dealkylation sites (N-methyl/N-ethyl adjacent to an activating group) is 1. The Kier molecular flexibility index (Phi) is 6.73. The lowest BCUT2D eigenvalue weighted by Crippen LogP contribution is -3.08. The first kappa shape index (κ1) is 19.1. The molecule has 0 heterocycles. The summed E-state index contributed by atoms with van der Waals surface area (Å²) < 4.78 is 28.6. The predicted octanol–water partition coefficient (Wildman–Crippen LogP) is 2.90. The zero-order valence-corrected chi connectivity index (χ0v) is 14.7. The van der Waals surface area contributed by atoms with Gasteiger partial charge in [-0.25, -0.2) is 0 Å². The van der Waals surface area contributed by atoms with E-state index in [1.165, 1.54) is 12.1 Å². The molecule has 1 amide bonds. The lowest BCUT2D eigenvalue weighted by molar-refractivity contribution is -0.885. The van der Waals surface area contributed by atoms with Gasteiger partial charge in [0.2, 0.25) is 0 Å². The van der Waals surface area contributed by atoms with Gasteiger partial charge < -0.3 is 15.0 Å². The van der Waals surface area contributed by atoms with Gasteiger partial charge in [0, 0.05) is 16.3 Å². The van der Waals surface area contributed by atoms with Crippen LogP contribution < -0.4 is 15.0 Å². The smallest absolute Gasteiger partial charge is 0.387 e. The fourth-order valence-corrected chi connectivity index (χ4v) is 2.59. The van der Waals surface area contributed by atoms with Crippen LogP contribution in [-0.4, -0.2) is 26.1 Å². The average Bonchev–Trinajstić information content (AvgIpc) is 2.53. The van der Waals surface area contributed by atoms with Crippen molar-refractivity contribution in [2.24, 2.45) is 0 Å². The summed E-state index contributed by atoms with van der Waals surface area (Å²) in [4.78, 5) is 13.1. The van der Waals surface area contributed by atoms with Crippen molar-refractivity contribution < 1.29 is 23.2 Å². The molecule has 0 aromatic heterocycles. The number of rotatable bonds is 7. The molecule has 0 aliphatic heterocycles. The van der Waals surface area contributed by atoms with Gasteiger partial charge in [-0.05, 0) is 48.9 Å². The summed E-state index contributed by atoms with van der Waals surface area (Å²) in [6, 6.07) is 11.8. The number of hydrogen-bond donors (Lipinski definition) is 2. The van der Waals surface area contributed by atoms with E-state index < -0.39 is 6.61 Å². The minimum absolute atomic E-state index is 0.116. The Hall–Kier alpha value is -2.18. The van der Waals surface area contributed by atoms with E-state index >= 15 is 0 Å². The Balaban J connectivity index is 1.88. The van der Waals surface area contributed by atoms with E-state index in [4.69, 9.17) is 11.6 Å². The number of nitrogens with one attached hydrogen (secondary N) is 2. The molecule has 0 bridgehead atoms. The molecule has 1 unspecified atom stereocenters. The molecule has 0 saturated carbocycles. The maximum absolute atomic E-state index is 12.2. The first-order valence-electron chi connectivity index (χ1n) is 7.75. The number of amides is 1. The van der Waals surface area contributed by atoms with Gasteiger partial charge in [0.1, 0.15) is 12.3 Å². The van der Waals surface area contributed by atoms with E-state index in [2.05, 4.69) is 10.1 Å². The minimum Gasteiger partial charge on any atom is -0.435 e. The lowest BCUT2D eigenvalue weighted by Gasteiger charge is -2.15. The maximum atomic E-state index is 12.2. The van der Waals surface area contributed by atoms with Crippen LogP contribution in [-0.2, 0) is 11.3 Å². The predicted molar refractivity (Wildman–Crippen MR) is 93.4 cm³/mol. The highest BCUT2D eigenvalue weighted by molar-refractivity contribution is 6.31. The third-order valence-corrected chi connectivity index (χ3v) is 4.07. The third kappa shape index (κ3) is 5.99. The van der Waals surface area contributed by atoms with Crippen LogP contribution in [0.4, 0.5) is 14.5 Å². The lowest BCUT2D eigenvalue weighted by atomic mass is 10.2. The number of quaternary nitrogens is 1. The number of halogens is 3. The normalized spacial score (nSPS) is 12.1. The molecule has 0 radical (unpaired) electrons. The van der Waals surface area contributed by atoms with Crippen molar-refractivity contribution in [2.45, 2.75) is 20.1 Å². The SMILES string of the molecule is Cc1c(Cl)cccc1NC(=O)C[NH+](C)Cc1ccc(OC(F)F)cc1. The highest BCUT2D eigenvalue weighted by Gasteiger charge is 2.13. The molecule has 2 aromatic rings. The fourth-order valence-electron chi connectivity index (χ4n) is 2.41. The Morgan fingerprint density at radius 2 is 1.92 bits per heavy atom. The van der Waals surface area contributed by atoms with Crippen molar-refractivity contribution >= 4 is 23.2 Å². The van der Waals surface area contributed by atoms with Crippen LogP contribution >= 0.6 is 11.6 Å². The summed E-state index contributed by atoms with van der Waals surface area (Å²) in [5, 5.41) is 3.45. The van der Waals surface area contributed by atoms with Crippen LogP contribution in [0.25, 0.3) is 0 Å². The van der Waals surface area contributed by atoms with E-state index in [1.54, 1.807) is 30.3 Å². The Morgan fingerprint density at radius 3 is 2.56 bits per heavy atom. The van der Waals surface area contributed by atoms with E-state index in [1.807, 2.05) is 14.0 Å². The molecule has 25 heavy (non-hydrogen) atoms. The van der Waals surface area contributed by atoms with Gasteiger partial charge in [0.25, 0.3) is 5.91 Å². The molecule has 7 heteroatoms. The zero-order valence-electron chi connectivity index (χ0n) is 14.0. The Labute approximate surface area is 150 Å². The Morgan fingerprint density at radius 1 is 1.24 bits per heavy atom. The van der Waals surface area contributed by atoms with Gasteiger partial charge in [-0.15, -0.1) is 0 Å². The van der Waals surface area contributed by atoms with Crippen LogP contribution in [0.1, 0.15) is 11.1 Å². The molecule has 0 saturated heterocycles. The van der Waals surface area contributed by atoms with Gasteiger partial charge in [-0.3, -0.25) is 4.79 Å². The number of carbonyl (C=O) groups is 1. The molecule has 0 fully saturated rings. The first-order chi connectivity index (χ1) is 11.8. The number of anilines is 1. The second-order valence-electron chi connectivity index (χ2n) is 5.79. The summed E-state index contributed by atoms with van der Waals surface area (Å²) >= 11 is 6.04. The molecular weight excluding hydrogens is 350 g/mol. The molecule has 1 atom stereocenters. The number of carbonyl (C=O) groups excluding carboxylic acids is 1. The number of ether oxygens (including phenoxy) is 1. The van der Waals surface area contributed by atoms with Crippen molar-refractivity contribution in [3.05, 3.63) is 58.6 Å². The summed E-state index contributed by atoms with van der Waals surface area (Å²) in [7, 11) is 1.88.